The molecule has 0 unspecified atom stereocenters. The van der Waals surface area contributed by atoms with Crippen molar-refractivity contribution in [3.63, 3.8) is 0 Å². The van der Waals surface area contributed by atoms with Crippen LogP contribution in [0.15, 0.2) is 30.0 Å². The van der Waals surface area contributed by atoms with Crippen molar-refractivity contribution < 1.29 is 33.7 Å². The Labute approximate surface area is 138 Å². The number of carbonyl (C=O) groups is 3. The molecule has 8 nitrogen and oxygen atoms in total. The van der Waals surface area contributed by atoms with Crippen molar-refractivity contribution in [1.29, 1.82) is 0 Å². The quantitative estimate of drug-likeness (QED) is 0.477. The largest absolute Gasteiger partial charge is 0.493 e. The first-order valence-electron chi connectivity index (χ1n) is 7.17. The summed E-state index contributed by atoms with van der Waals surface area (Å²) < 4.78 is 15.1. The molecule has 2 N–H and O–H groups in total. The van der Waals surface area contributed by atoms with Crippen molar-refractivity contribution in [3.05, 3.63) is 35.5 Å². The van der Waals surface area contributed by atoms with Crippen LogP contribution in [0.25, 0.3) is 0 Å². The summed E-state index contributed by atoms with van der Waals surface area (Å²) in [5, 5.41) is 11.9. The second-order valence-corrected chi connectivity index (χ2v) is 5.33. The highest BCUT2D eigenvalue weighted by Crippen LogP contribution is 2.25. The van der Waals surface area contributed by atoms with Gasteiger partial charge >= 0.3 is 17.9 Å². The molecular weight excluding hydrogens is 318 g/mol. The minimum absolute atomic E-state index is 0.0461. The molecule has 0 atom stereocenters. The van der Waals surface area contributed by atoms with Crippen LogP contribution in [0.4, 0.5) is 5.69 Å². The number of carboxylic acids is 1. The van der Waals surface area contributed by atoms with E-state index < -0.39 is 23.7 Å². The van der Waals surface area contributed by atoms with Crippen LogP contribution in [0.2, 0.25) is 0 Å². The van der Waals surface area contributed by atoms with E-state index in [1.807, 2.05) is 0 Å². The molecule has 1 saturated heterocycles. The topological polar surface area (TPSA) is 111 Å². The highest BCUT2D eigenvalue weighted by atomic mass is 16.7. The van der Waals surface area contributed by atoms with Gasteiger partial charge in [0.15, 0.2) is 5.57 Å². The number of carbonyl (C=O) groups excluding carboxylic acids is 2. The lowest BCUT2D eigenvalue weighted by Gasteiger charge is -2.29. The van der Waals surface area contributed by atoms with Crippen molar-refractivity contribution in [1.82, 2.24) is 0 Å². The Morgan fingerprint density at radius 1 is 1.29 bits per heavy atom. The van der Waals surface area contributed by atoms with E-state index in [1.54, 1.807) is 13.0 Å². The molecule has 0 amide bonds. The molecule has 1 aliphatic heterocycles. The Bertz CT molecular complexity index is 699. The first kappa shape index (κ1) is 17.3. The maximum absolute atomic E-state index is 11.8. The van der Waals surface area contributed by atoms with E-state index in [2.05, 4.69) is 5.32 Å². The number of hydrogen-bond donors (Lipinski definition) is 2. The minimum Gasteiger partial charge on any atom is -0.493 e. The second kappa shape index (κ2) is 6.61. The third kappa shape index (κ3) is 3.83. The van der Waals surface area contributed by atoms with Crippen LogP contribution in [-0.4, -0.2) is 35.4 Å². The van der Waals surface area contributed by atoms with Gasteiger partial charge in [0.1, 0.15) is 11.3 Å². The summed E-state index contributed by atoms with van der Waals surface area (Å²) in [6, 6.07) is 4.36. The Morgan fingerprint density at radius 3 is 2.46 bits per heavy atom. The number of carboxylic acid groups (broad SMARTS) is 1. The van der Waals surface area contributed by atoms with Gasteiger partial charge in [0.05, 0.1) is 6.61 Å². The van der Waals surface area contributed by atoms with E-state index in [-0.39, 0.29) is 16.9 Å². The molecule has 0 saturated carbocycles. The number of anilines is 1. The fraction of sp³-hybridized carbons (Fsp3) is 0.312. The van der Waals surface area contributed by atoms with E-state index in [0.29, 0.717) is 12.3 Å². The molecule has 0 aromatic heterocycles. The van der Waals surface area contributed by atoms with Gasteiger partial charge in [-0.25, -0.2) is 14.4 Å². The molecule has 1 aliphatic rings. The van der Waals surface area contributed by atoms with Crippen LogP contribution in [0, 0.1) is 0 Å². The SMILES string of the molecule is CCOc1ccc(NC=C2C(=O)OC(C)(C)OC2=O)cc1C(=O)O. The highest BCUT2D eigenvalue weighted by Gasteiger charge is 2.38. The molecular formula is C16H17NO7. The number of ether oxygens (including phenoxy) is 3. The number of rotatable bonds is 5. The van der Waals surface area contributed by atoms with Gasteiger partial charge in [0, 0.05) is 25.7 Å². The molecule has 0 radical (unpaired) electrons. The maximum Gasteiger partial charge on any atom is 0.350 e. The summed E-state index contributed by atoms with van der Waals surface area (Å²) in [5.74, 6) is -3.91. The van der Waals surface area contributed by atoms with Gasteiger partial charge in [-0.05, 0) is 25.1 Å². The Morgan fingerprint density at radius 2 is 1.92 bits per heavy atom. The van der Waals surface area contributed by atoms with Crippen LogP contribution >= 0.6 is 0 Å². The van der Waals surface area contributed by atoms with Gasteiger partial charge in [0.2, 0.25) is 0 Å². The lowest BCUT2D eigenvalue weighted by atomic mass is 10.1. The van der Waals surface area contributed by atoms with E-state index in [0.717, 1.165) is 6.20 Å². The molecule has 8 heteroatoms. The number of esters is 2. The highest BCUT2D eigenvalue weighted by molar-refractivity contribution is 6.15. The first-order valence-corrected chi connectivity index (χ1v) is 7.17. The molecule has 0 aliphatic carbocycles. The summed E-state index contributed by atoms with van der Waals surface area (Å²) in [5.41, 5.74) is -0.0101. The fourth-order valence-electron chi connectivity index (χ4n) is 2.00. The maximum atomic E-state index is 11.8. The summed E-state index contributed by atoms with van der Waals surface area (Å²) >= 11 is 0. The van der Waals surface area contributed by atoms with Crippen molar-refractivity contribution in [3.8, 4) is 5.75 Å². The molecule has 0 bridgehead atoms. The molecule has 1 aromatic carbocycles. The van der Waals surface area contributed by atoms with Gasteiger partial charge < -0.3 is 24.6 Å². The lowest BCUT2D eigenvalue weighted by Crippen LogP contribution is -2.42. The number of benzene rings is 1. The standard InChI is InChI=1S/C16H17NO7/c1-4-22-12-6-5-9(7-10(12)13(18)19)17-8-11-14(20)23-16(2,3)24-15(11)21/h5-8,17H,4H2,1-3H3,(H,18,19). The average Bonchev–Trinajstić information content (AvgIpc) is 2.46. The van der Waals surface area contributed by atoms with Crippen LogP contribution < -0.4 is 10.1 Å². The zero-order chi connectivity index (χ0) is 17.9. The summed E-state index contributed by atoms with van der Waals surface area (Å²) in [6.07, 6.45) is 1.11. The monoisotopic (exact) mass is 335 g/mol. The molecule has 24 heavy (non-hydrogen) atoms. The molecule has 1 fully saturated rings. The molecule has 1 aromatic rings. The third-order valence-corrected chi connectivity index (χ3v) is 3.01. The van der Waals surface area contributed by atoms with E-state index in [9.17, 15) is 19.5 Å². The zero-order valence-electron chi connectivity index (χ0n) is 13.4. The van der Waals surface area contributed by atoms with Crippen molar-refractivity contribution >= 4 is 23.6 Å². The molecule has 1 heterocycles. The third-order valence-electron chi connectivity index (χ3n) is 3.01. The van der Waals surface area contributed by atoms with Gasteiger partial charge in [-0.3, -0.25) is 0 Å². The summed E-state index contributed by atoms with van der Waals surface area (Å²) in [7, 11) is 0. The number of cyclic esters (lactones) is 2. The van der Waals surface area contributed by atoms with Gasteiger partial charge in [-0.1, -0.05) is 0 Å². The Balaban J connectivity index is 2.22. The van der Waals surface area contributed by atoms with Crippen LogP contribution in [-0.2, 0) is 19.1 Å². The minimum atomic E-state index is -1.32. The van der Waals surface area contributed by atoms with E-state index in [1.165, 1.54) is 26.0 Å². The van der Waals surface area contributed by atoms with Gasteiger partial charge in [-0.15, -0.1) is 0 Å². The van der Waals surface area contributed by atoms with Crippen molar-refractivity contribution in [2.45, 2.75) is 26.6 Å². The number of hydrogen-bond acceptors (Lipinski definition) is 7. The van der Waals surface area contributed by atoms with Crippen LogP contribution in [0.3, 0.4) is 0 Å². The van der Waals surface area contributed by atoms with Crippen LogP contribution in [0.5, 0.6) is 5.75 Å². The zero-order valence-corrected chi connectivity index (χ0v) is 13.4. The first-order chi connectivity index (χ1) is 11.2. The predicted molar refractivity (Wildman–Crippen MR) is 82.5 cm³/mol. The Hall–Kier alpha value is -3.03. The second-order valence-electron chi connectivity index (χ2n) is 5.33. The Kier molecular flexibility index (Phi) is 4.77. The fourth-order valence-corrected chi connectivity index (χ4v) is 2.00. The molecule has 2 rings (SSSR count). The number of aromatic carboxylic acids is 1. The average molecular weight is 335 g/mol. The molecule has 0 spiro atoms. The summed E-state index contributed by atoms with van der Waals surface area (Å²) in [6.45, 7) is 4.95. The summed E-state index contributed by atoms with van der Waals surface area (Å²) in [4.78, 5) is 34.9. The van der Waals surface area contributed by atoms with Crippen LogP contribution in [0.1, 0.15) is 31.1 Å². The van der Waals surface area contributed by atoms with Crippen molar-refractivity contribution in [2.75, 3.05) is 11.9 Å². The molecule has 128 valence electrons. The van der Waals surface area contributed by atoms with E-state index >= 15 is 0 Å². The van der Waals surface area contributed by atoms with Crippen molar-refractivity contribution in [2.24, 2.45) is 0 Å². The van der Waals surface area contributed by atoms with Gasteiger partial charge in [-0.2, -0.15) is 0 Å². The van der Waals surface area contributed by atoms with Gasteiger partial charge in [0.25, 0.3) is 5.79 Å². The predicted octanol–water partition coefficient (Wildman–Crippen LogP) is 1.92. The normalized spacial score (nSPS) is 16.0. The smallest absolute Gasteiger partial charge is 0.350 e. The lowest BCUT2D eigenvalue weighted by molar-refractivity contribution is -0.222. The van der Waals surface area contributed by atoms with E-state index in [4.69, 9.17) is 14.2 Å². The number of nitrogens with one attached hydrogen (secondary N) is 1.